The van der Waals surface area contributed by atoms with Crippen molar-refractivity contribution in [3.8, 4) is 11.5 Å². The van der Waals surface area contributed by atoms with Gasteiger partial charge in [0.15, 0.2) is 22.8 Å². The first kappa shape index (κ1) is 25.8. The predicted octanol–water partition coefficient (Wildman–Crippen LogP) is 4.92. The zero-order valence-corrected chi connectivity index (χ0v) is 23.1. The Kier molecular flexibility index (Phi) is 6.02. The lowest BCUT2D eigenvalue weighted by Gasteiger charge is -2.35. The number of hydrogen-bond acceptors (Lipinski definition) is 8. The highest BCUT2D eigenvalue weighted by Crippen LogP contribution is 2.59. The third-order valence-corrected chi connectivity index (χ3v) is 7.98. The number of aliphatic imine (C=N–C) groups is 1. The van der Waals surface area contributed by atoms with Gasteiger partial charge in [0.1, 0.15) is 12.1 Å². The Morgan fingerprint density at radius 1 is 0.950 bits per heavy atom. The van der Waals surface area contributed by atoms with Crippen LogP contribution in [0.15, 0.2) is 82.9 Å². The van der Waals surface area contributed by atoms with Crippen molar-refractivity contribution in [1.82, 2.24) is 5.01 Å². The molecule has 3 aliphatic rings. The normalized spacial score (nSPS) is 24.8. The molecule has 1 saturated heterocycles. The molecule has 3 aromatic carbocycles. The molecule has 1 spiro atoms. The summed E-state index contributed by atoms with van der Waals surface area (Å²) in [5.41, 5.74) is 0.901. The molecule has 3 aliphatic heterocycles. The minimum atomic E-state index is -1.50. The van der Waals surface area contributed by atoms with Crippen molar-refractivity contribution in [2.45, 2.75) is 44.3 Å². The van der Waals surface area contributed by atoms with Crippen LogP contribution in [0, 0.1) is 5.41 Å². The van der Waals surface area contributed by atoms with E-state index in [9.17, 15) is 9.59 Å². The number of benzene rings is 3. The van der Waals surface area contributed by atoms with Gasteiger partial charge in [-0.1, -0.05) is 69.3 Å². The van der Waals surface area contributed by atoms with Crippen LogP contribution in [0.4, 0.5) is 0 Å². The van der Waals surface area contributed by atoms with Crippen LogP contribution in [0.5, 0.6) is 11.5 Å². The monoisotopic (exact) mass is 537 g/mol. The number of hydrazone groups is 1. The van der Waals surface area contributed by atoms with Gasteiger partial charge in [-0.15, -0.1) is 0 Å². The van der Waals surface area contributed by atoms with Crippen molar-refractivity contribution in [2.24, 2.45) is 15.5 Å². The van der Waals surface area contributed by atoms with Gasteiger partial charge in [-0.05, 0) is 41.0 Å². The molecule has 8 nitrogen and oxygen atoms in total. The first-order valence-electron chi connectivity index (χ1n) is 13.3. The van der Waals surface area contributed by atoms with E-state index in [1.165, 1.54) is 0 Å². The van der Waals surface area contributed by atoms with E-state index < -0.39 is 34.9 Å². The van der Waals surface area contributed by atoms with Crippen molar-refractivity contribution in [3.63, 3.8) is 0 Å². The third-order valence-electron chi connectivity index (χ3n) is 7.98. The summed E-state index contributed by atoms with van der Waals surface area (Å²) in [6, 6.07) is 21.1. The molecule has 0 radical (unpaired) electrons. The Labute approximate surface area is 233 Å². The molecular weight excluding hydrogens is 506 g/mol. The van der Waals surface area contributed by atoms with E-state index in [2.05, 4.69) is 0 Å². The number of nitrogens with zero attached hydrogens (tertiary/aromatic N) is 3. The summed E-state index contributed by atoms with van der Waals surface area (Å²) in [6.07, 6.45) is 1.75. The molecule has 3 heterocycles. The average Bonchev–Trinajstić information content (AvgIpc) is 3.46. The summed E-state index contributed by atoms with van der Waals surface area (Å²) in [7, 11) is 3.13. The van der Waals surface area contributed by atoms with E-state index in [0.29, 0.717) is 22.6 Å². The molecule has 6 rings (SSSR count). The number of hydrogen-bond donors (Lipinski definition) is 0. The summed E-state index contributed by atoms with van der Waals surface area (Å²) in [4.78, 5) is 33.8. The molecule has 4 atom stereocenters. The number of ketones is 1. The summed E-state index contributed by atoms with van der Waals surface area (Å²) in [6.45, 7) is 5.65. The van der Waals surface area contributed by atoms with E-state index >= 15 is 0 Å². The largest absolute Gasteiger partial charge is 0.493 e. The fraction of sp³-hybridized carbons (Fsp3) is 0.312. The van der Waals surface area contributed by atoms with Crippen LogP contribution < -0.4 is 9.47 Å². The van der Waals surface area contributed by atoms with Crippen LogP contribution in [0.25, 0.3) is 0 Å². The minimum absolute atomic E-state index is 0.0538. The molecule has 204 valence electrons. The molecule has 0 N–H and O–H groups in total. The molecule has 0 unspecified atom stereocenters. The van der Waals surface area contributed by atoms with E-state index in [1.54, 1.807) is 31.5 Å². The van der Waals surface area contributed by atoms with Crippen molar-refractivity contribution in [1.29, 1.82) is 0 Å². The fourth-order valence-corrected chi connectivity index (χ4v) is 6.13. The highest BCUT2D eigenvalue weighted by molar-refractivity contribution is 6.10. The summed E-state index contributed by atoms with van der Waals surface area (Å²) < 4.78 is 17.1. The van der Waals surface area contributed by atoms with Crippen molar-refractivity contribution in [2.75, 3.05) is 14.2 Å². The second kappa shape index (κ2) is 9.33. The van der Waals surface area contributed by atoms with Crippen molar-refractivity contribution in [3.05, 3.63) is 95.1 Å². The molecule has 0 amide bonds. The maximum Gasteiger partial charge on any atom is 0.344 e. The zero-order valence-electron chi connectivity index (χ0n) is 23.1. The number of cyclic esters (lactones) is 1. The van der Waals surface area contributed by atoms with Crippen LogP contribution in [-0.4, -0.2) is 54.7 Å². The van der Waals surface area contributed by atoms with Gasteiger partial charge in [0.25, 0.3) is 0 Å². The number of carbonyl (C=O) groups excluding carboxylic acids is 2. The SMILES string of the molecule is COc1ccc([C@@H]2[C@@H](C(=O)C(C)(C)C)N3N=Cc4ccccc4[C@@H]3[C@]23N=C(c2ccccc2)OC3=O)cc1OC. The Morgan fingerprint density at radius 2 is 1.65 bits per heavy atom. The lowest BCUT2D eigenvalue weighted by Crippen LogP contribution is -2.45. The molecular formula is C32H31N3O5. The van der Waals surface area contributed by atoms with Crippen molar-refractivity contribution < 1.29 is 23.8 Å². The van der Waals surface area contributed by atoms with E-state index in [4.69, 9.17) is 24.3 Å². The third kappa shape index (κ3) is 3.73. The summed E-state index contributed by atoms with van der Waals surface area (Å²) in [5.74, 6) is -0.0443. The molecule has 3 aromatic rings. The minimum Gasteiger partial charge on any atom is -0.493 e. The lowest BCUT2D eigenvalue weighted by molar-refractivity contribution is -0.140. The van der Waals surface area contributed by atoms with Gasteiger partial charge < -0.3 is 14.2 Å². The van der Waals surface area contributed by atoms with Gasteiger partial charge in [0.2, 0.25) is 5.90 Å². The number of fused-ring (bicyclic) bond motifs is 4. The van der Waals surface area contributed by atoms with Crippen LogP contribution in [0.1, 0.15) is 55.0 Å². The number of carbonyl (C=O) groups is 2. The van der Waals surface area contributed by atoms with E-state index in [-0.39, 0.29) is 11.7 Å². The van der Waals surface area contributed by atoms with E-state index in [0.717, 1.165) is 11.1 Å². The maximum absolute atomic E-state index is 14.3. The molecule has 40 heavy (non-hydrogen) atoms. The second-order valence-corrected chi connectivity index (χ2v) is 11.3. The lowest BCUT2D eigenvalue weighted by atomic mass is 9.70. The molecule has 0 bridgehead atoms. The smallest absolute Gasteiger partial charge is 0.344 e. The van der Waals surface area contributed by atoms with Gasteiger partial charge >= 0.3 is 5.97 Å². The maximum atomic E-state index is 14.3. The Morgan fingerprint density at radius 3 is 2.35 bits per heavy atom. The van der Waals surface area contributed by atoms with Gasteiger partial charge in [0.05, 0.1) is 26.4 Å². The summed E-state index contributed by atoms with van der Waals surface area (Å²) in [5, 5.41) is 6.58. The predicted molar refractivity (Wildman–Crippen MR) is 151 cm³/mol. The van der Waals surface area contributed by atoms with Crippen LogP contribution in [-0.2, 0) is 14.3 Å². The van der Waals surface area contributed by atoms with Crippen LogP contribution >= 0.6 is 0 Å². The molecule has 0 saturated carbocycles. The number of rotatable bonds is 5. The van der Waals surface area contributed by atoms with Gasteiger partial charge in [-0.2, -0.15) is 5.10 Å². The average molecular weight is 538 g/mol. The first-order valence-corrected chi connectivity index (χ1v) is 13.3. The van der Waals surface area contributed by atoms with E-state index in [1.807, 2.05) is 87.5 Å². The number of ether oxygens (including phenoxy) is 3. The highest BCUT2D eigenvalue weighted by Gasteiger charge is 2.71. The Balaban J connectivity index is 1.67. The fourth-order valence-electron chi connectivity index (χ4n) is 6.13. The number of esters is 1. The first-order chi connectivity index (χ1) is 19.2. The second-order valence-electron chi connectivity index (χ2n) is 11.3. The zero-order chi connectivity index (χ0) is 28.2. The standard InChI is InChI=1S/C32H31N3O5/c1-31(2,3)28(36)26-25(20-15-16-23(38-4)24(17-20)39-5)32(27-22-14-10-9-13-21(22)18-33-35(26)27)30(37)40-29(34-32)19-11-7-6-8-12-19/h6-18,25-27H,1-5H3/t25-,26+,27-,32-/m1/s1. The molecule has 0 aliphatic carbocycles. The van der Waals surface area contributed by atoms with Gasteiger partial charge in [0, 0.05) is 11.0 Å². The topological polar surface area (TPSA) is 89.8 Å². The summed E-state index contributed by atoms with van der Waals surface area (Å²) >= 11 is 0. The van der Waals surface area contributed by atoms with Crippen LogP contribution in [0.3, 0.4) is 0 Å². The molecule has 0 aromatic heterocycles. The number of methoxy groups -OCH3 is 2. The molecule has 8 heteroatoms. The van der Waals surface area contributed by atoms with Crippen molar-refractivity contribution >= 4 is 23.9 Å². The Hall–Kier alpha value is -4.46. The highest BCUT2D eigenvalue weighted by atomic mass is 16.6. The van der Waals surface area contributed by atoms with Gasteiger partial charge in [-0.3, -0.25) is 9.80 Å². The molecule has 1 fully saturated rings. The quantitative estimate of drug-likeness (QED) is 0.430. The Bertz CT molecular complexity index is 1560. The van der Waals surface area contributed by atoms with Gasteiger partial charge in [-0.25, -0.2) is 9.79 Å². The van der Waals surface area contributed by atoms with Crippen LogP contribution in [0.2, 0.25) is 0 Å². The number of Topliss-reactive ketones (excluding diaryl/α,β-unsaturated/α-hetero) is 1.